The maximum absolute atomic E-state index is 12.1. The largest absolute Gasteiger partial charge is 0.480 e. The van der Waals surface area contributed by atoms with Crippen LogP contribution in [0.4, 0.5) is 0 Å². The van der Waals surface area contributed by atoms with Crippen LogP contribution in [0.5, 0.6) is 0 Å². The Morgan fingerprint density at radius 3 is 3.00 bits per heavy atom. The minimum atomic E-state index is -1.06. The highest BCUT2D eigenvalue weighted by atomic mass is 16.5. The first-order chi connectivity index (χ1) is 9.10. The molecule has 1 saturated heterocycles. The molecule has 0 aliphatic carbocycles. The number of hydrogen-bond acceptors (Lipinski definition) is 6. The number of carbonyl (C=O) groups is 2. The number of carboxylic acid groups (broad SMARTS) is 1. The standard InChI is InChI=1S/C10H14N4O5/c15-6-7-3-13(1-2-19-7)10(18)8-4-14(12-11-8)5-9(16)17/h4,7,15H,1-3,5-6H2,(H,16,17). The Labute approximate surface area is 108 Å². The van der Waals surface area contributed by atoms with E-state index in [4.69, 9.17) is 14.9 Å². The van der Waals surface area contributed by atoms with Crippen molar-refractivity contribution in [3.8, 4) is 0 Å². The van der Waals surface area contributed by atoms with Gasteiger partial charge in [-0.15, -0.1) is 5.10 Å². The lowest BCUT2D eigenvalue weighted by Gasteiger charge is -2.31. The van der Waals surface area contributed by atoms with E-state index in [1.807, 2.05) is 0 Å². The van der Waals surface area contributed by atoms with Gasteiger partial charge in [-0.2, -0.15) is 0 Å². The molecule has 1 atom stereocenters. The van der Waals surface area contributed by atoms with Crippen molar-refractivity contribution in [3.63, 3.8) is 0 Å². The molecule has 0 saturated carbocycles. The molecule has 0 aromatic carbocycles. The quantitative estimate of drug-likeness (QED) is 0.662. The maximum Gasteiger partial charge on any atom is 0.325 e. The van der Waals surface area contributed by atoms with Crippen molar-refractivity contribution in [2.45, 2.75) is 12.6 Å². The Morgan fingerprint density at radius 2 is 2.32 bits per heavy atom. The van der Waals surface area contributed by atoms with Gasteiger partial charge in [-0.25, -0.2) is 4.68 Å². The third-order valence-corrected chi connectivity index (χ3v) is 2.68. The lowest BCUT2D eigenvalue weighted by atomic mass is 10.2. The van der Waals surface area contributed by atoms with Gasteiger partial charge in [0.15, 0.2) is 5.69 Å². The fourth-order valence-corrected chi connectivity index (χ4v) is 1.79. The van der Waals surface area contributed by atoms with Gasteiger partial charge in [-0.05, 0) is 0 Å². The second-order valence-electron chi connectivity index (χ2n) is 4.12. The zero-order chi connectivity index (χ0) is 13.8. The Bertz CT molecular complexity index is 474. The highest BCUT2D eigenvalue weighted by molar-refractivity contribution is 5.92. The number of ether oxygens (including phenoxy) is 1. The molecule has 1 aliphatic heterocycles. The molecule has 2 N–H and O–H groups in total. The molecule has 0 radical (unpaired) electrons. The molecule has 1 aromatic heterocycles. The predicted octanol–water partition coefficient (Wildman–Crippen LogP) is -1.80. The minimum absolute atomic E-state index is 0.0832. The third-order valence-electron chi connectivity index (χ3n) is 2.68. The molecule has 2 rings (SSSR count). The molecule has 9 nitrogen and oxygen atoms in total. The summed E-state index contributed by atoms with van der Waals surface area (Å²) in [5.74, 6) is -1.41. The van der Waals surface area contributed by atoms with E-state index in [0.29, 0.717) is 13.2 Å². The average Bonchev–Trinajstić information content (AvgIpc) is 2.85. The van der Waals surface area contributed by atoms with E-state index in [1.165, 1.54) is 11.1 Å². The first-order valence-electron chi connectivity index (χ1n) is 5.74. The Hall–Kier alpha value is -2.00. The molecule has 2 heterocycles. The number of aliphatic carboxylic acids is 1. The van der Waals surface area contributed by atoms with Gasteiger partial charge < -0.3 is 19.8 Å². The summed E-state index contributed by atoms with van der Waals surface area (Å²) in [6, 6.07) is 0. The molecular formula is C10H14N4O5. The summed E-state index contributed by atoms with van der Waals surface area (Å²) in [6.45, 7) is 0.528. The van der Waals surface area contributed by atoms with Gasteiger partial charge in [0.1, 0.15) is 6.54 Å². The van der Waals surface area contributed by atoms with Crippen LogP contribution in [0.15, 0.2) is 6.20 Å². The van der Waals surface area contributed by atoms with Crippen molar-refractivity contribution in [1.29, 1.82) is 0 Å². The summed E-state index contributed by atoms with van der Waals surface area (Å²) >= 11 is 0. The molecule has 0 spiro atoms. The van der Waals surface area contributed by atoms with Crippen LogP contribution in [-0.4, -0.2) is 74.4 Å². The molecule has 19 heavy (non-hydrogen) atoms. The van der Waals surface area contributed by atoms with Crippen molar-refractivity contribution < 1.29 is 24.5 Å². The normalized spacial score (nSPS) is 19.4. The second kappa shape index (κ2) is 5.76. The zero-order valence-corrected chi connectivity index (χ0v) is 10.1. The van der Waals surface area contributed by atoms with Gasteiger partial charge in [-0.1, -0.05) is 5.21 Å². The van der Waals surface area contributed by atoms with Gasteiger partial charge in [-0.3, -0.25) is 9.59 Å². The minimum Gasteiger partial charge on any atom is -0.480 e. The second-order valence-corrected chi connectivity index (χ2v) is 4.12. The summed E-state index contributed by atoms with van der Waals surface area (Å²) in [7, 11) is 0. The number of aliphatic hydroxyl groups excluding tert-OH is 1. The molecule has 1 aromatic rings. The molecular weight excluding hydrogens is 256 g/mol. The van der Waals surface area contributed by atoms with Gasteiger partial charge in [0.2, 0.25) is 0 Å². The van der Waals surface area contributed by atoms with Crippen LogP contribution in [0.2, 0.25) is 0 Å². The Morgan fingerprint density at radius 1 is 1.53 bits per heavy atom. The summed E-state index contributed by atoms with van der Waals surface area (Å²) < 4.78 is 6.32. The number of morpholine rings is 1. The number of aliphatic hydroxyl groups is 1. The van der Waals surface area contributed by atoms with Crippen LogP contribution >= 0.6 is 0 Å². The average molecular weight is 270 g/mol. The van der Waals surface area contributed by atoms with Gasteiger partial charge >= 0.3 is 5.97 Å². The molecule has 1 amide bonds. The van der Waals surface area contributed by atoms with Crippen LogP contribution in [0.3, 0.4) is 0 Å². The van der Waals surface area contributed by atoms with E-state index in [9.17, 15) is 9.59 Å². The van der Waals surface area contributed by atoms with Crippen LogP contribution in [0.1, 0.15) is 10.5 Å². The number of aromatic nitrogens is 3. The highest BCUT2D eigenvalue weighted by Crippen LogP contribution is 2.08. The molecule has 1 unspecified atom stereocenters. The van der Waals surface area contributed by atoms with E-state index in [0.717, 1.165) is 4.68 Å². The van der Waals surface area contributed by atoms with Crippen molar-refractivity contribution in [3.05, 3.63) is 11.9 Å². The maximum atomic E-state index is 12.1. The van der Waals surface area contributed by atoms with Crippen LogP contribution in [0, 0.1) is 0 Å². The van der Waals surface area contributed by atoms with Gasteiger partial charge in [0.05, 0.1) is 25.5 Å². The number of nitrogens with zero attached hydrogens (tertiary/aromatic N) is 4. The Balaban J connectivity index is 2.02. The molecule has 0 bridgehead atoms. The smallest absolute Gasteiger partial charge is 0.325 e. The lowest BCUT2D eigenvalue weighted by Crippen LogP contribution is -2.47. The van der Waals surface area contributed by atoms with Crippen LogP contribution in [-0.2, 0) is 16.1 Å². The van der Waals surface area contributed by atoms with Crippen molar-refractivity contribution in [2.24, 2.45) is 0 Å². The van der Waals surface area contributed by atoms with Crippen molar-refractivity contribution in [1.82, 2.24) is 19.9 Å². The van der Waals surface area contributed by atoms with E-state index in [-0.39, 0.29) is 31.3 Å². The van der Waals surface area contributed by atoms with E-state index in [2.05, 4.69) is 10.3 Å². The topological polar surface area (TPSA) is 118 Å². The number of carbonyl (C=O) groups excluding carboxylic acids is 1. The molecule has 1 aliphatic rings. The van der Waals surface area contributed by atoms with Crippen molar-refractivity contribution >= 4 is 11.9 Å². The highest BCUT2D eigenvalue weighted by Gasteiger charge is 2.26. The Kier molecular flexibility index (Phi) is 4.07. The number of hydrogen-bond donors (Lipinski definition) is 2. The predicted molar refractivity (Wildman–Crippen MR) is 60.4 cm³/mol. The number of amides is 1. The monoisotopic (exact) mass is 270 g/mol. The summed E-state index contributed by atoms with van der Waals surface area (Å²) in [5.41, 5.74) is 0.0832. The summed E-state index contributed by atoms with van der Waals surface area (Å²) in [6.07, 6.45) is 0.895. The number of rotatable bonds is 4. The van der Waals surface area contributed by atoms with Gasteiger partial charge in [0, 0.05) is 13.1 Å². The molecule has 9 heteroatoms. The molecule has 104 valence electrons. The fourth-order valence-electron chi connectivity index (χ4n) is 1.79. The lowest BCUT2D eigenvalue weighted by molar-refractivity contribution is -0.137. The zero-order valence-electron chi connectivity index (χ0n) is 10.1. The van der Waals surface area contributed by atoms with Crippen LogP contribution < -0.4 is 0 Å². The van der Waals surface area contributed by atoms with E-state index < -0.39 is 12.1 Å². The van der Waals surface area contributed by atoms with Crippen LogP contribution in [0.25, 0.3) is 0 Å². The van der Waals surface area contributed by atoms with Crippen molar-refractivity contribution in [2.75, 3.05) is 26.3 Å². The van der Waals surface area contributed by atoms with E-state index in [1.54, 1.807) is 0 Å². The van der Waals surface area contributed by atoms with E-state index >= 15 is 0 Å². The fraction of sp³-hybridized carbons (Fsp3) is 0.600. The first-order valence-corrected chi connectivity index (χ1v) is 5.74. The van der Waals surface area contributed by atoms with Gasteiger partial charge in [0.25, 0.3) is 5.91 Å². The number of carboxylic acids is 1. The first kappa shape index (κ1) is 13.4. The SMILES string of the molecule is O=C(O)Cn1cc(C(=O)N2CCOC(CO)C2)nn1. The third kappa shape index (κ3) is 3.26. The molecule has 1 fully saturated rings. The summed E-state index contributed by atoms with van der Waals surface area (Å²) in [5, 5.41) is 24.8. The summed E-state index contributed by atoms with van der Waals surface area (Å²) in [4.78, 5) is 24.1.